The molecule has 1 amide bonds. The Kier molecular flexibility index (Phi) is 4.14. The highest BCUT2D eigenvalue weighted by atomic mass is 16.4. The van der Waals surface area contributed by atoms with Crippen molar-refractivity contribution < 1.29 is 14.7 Å². The Balaban J connectivity index is 2.64. The number of carboxylic acids is 1. The van der Waals surface area contributed by atoms with E-state index < -0.39 is 12.0 Å². The van der Waals surface area contributed by atoms with Gasteiger partial charge >= 0.3 is 5.97 Å². The third-order valence-corrected chi connectivity index (χ3v) is 3.04. The summed E-state index contributed by atoms with van der Waals surface area (Å²) in [7, 11) is 0. The van der Waals surface area contributed by atoms with Crippen molar-refractivity contribution in [1.29, 1.82) is 0 Å². The van der Waals surface area contributed by atoms with Gasteiger partial charge in [-0.05, 0) is 18.3 Å². The molecule has 1 aliphatic rings. The van der Waals surface area contributed by atoms with E-state index in [4.69, 9.17) is 10.8 Å². The Morgan fingerprint density at radius 1 is 1.41 bits per heavy atom. The number of carbonyl (C=O) groups is 2. The largest absolute Gasteiger partial charge is 0.481 e. The van der Waals surface area contributed by atoms with Crippen LogP contribution in [0.15, 0.2) is 0 Å². The van der Waals surface area contributed by atoms with Crippen molar-refractivity contribution in [2.24, 2.45) is 11.1 Å². The van der Waals surface area contributed by atoms with Crippen LogP contribution in [0.3, 0.4) is 0 Å². The zero-order chi connectivity index (χ0) is 13.2. The SMILES string of the molecule is CC(C)(C)[C@H](N)C(=O)N(CCC(=O)O)C1CC1. The minimum Gasteiger partial charge on any atom is -0.481 e. The van der Waals surface area contributed by atoms with E-state index in [1.165, 1.54) is 0 Å². The molecule has 0 spiro atoms. The first kappa shape index (κ1) is 14.0. The Labute approximate surface area is 102 Å². The summed E-state index contributed by atoms with van der Waals surface area (Å²) in [5.41, 5.74) is 5.63. The van der Waals surface area contributed by atoms with Crippen LogP contribution in [-0.2, 0) is 9.59 Å². The van der Waals surface area contributed by atoms with Gasteiger partial charge in [0.15, 0.2) is 0 Å². The highest BCUT2D eigenvalue weighted by molar-refractivity contribution is 5.83. The maximum atomic E-state index is 12.2. The lowest BCUT2D eigenvalue weighted by Gasteiger charge is -2.32. The zero-order valence-corrected chi connectivity index (χ0v) is 10.8. The van der Waals surface area contributed by atoms with E-state index >= 15 is 0 Å². The summed E-state index contributed by atoms with van der Waals surface area (Å²) in [4.78, 5) is 24.4. The number of carboxylic acid groups (broad SMARTS) is 1. The highest BCUT2D eigenvalue weighted by Gasteiger charge is 2.38. The summed E-state index contributed by atoms with van der Waals surface area (Å²) < 4.78 is 0. The first-order valence-electron chi connectivity index (χ1n) is 6.01. The zero-order valence-electron chi connectivity index (χ0n) is 10.8. The van der Waals surface area contributed by atoms with Gasteiger partial charge in [0.2, 0.25) is 5.91 Å². The van der Waals surface area contributed by atoms with Crippen molar-refractivity contribution in [2.45, 2.75) is 52.1 Å². The number of hydrogen-bond acceptors (Lipinski definition) is 3. The van der Waals surface area contributed by atoms with Gasteiger partial charge in [-0.25, -0.2) is 0 Å². The summed E-state index contributed by atoms with van der Waals surface area (Å²) in [5, 5.41) is 8.68. The molecule has 3 N–H and O–H groups in total. The Bertz CT molecular complexity index is 305. The first-order valence-corrected chi connectivity index (χ1v) is 6.01. The molecule has 17 heavy (non-hydrogen) atoms. The highest BCUT2D eigenvalue weighted by Crippen LogP contribution is 2.29. The summed E-state index contributed by atoms with van der Waals surface area (Å²) in [6, 6.07) is -0.368. The van der Waals surface area contributed by atoms with Gasteiger partial charge in [0.1, 0.15) is 0 Å². The summed E-state index contributed by atoms with van der Waals surface area (Å²) >= 11 is 0. The molecule has 5 heteroatoms. The van der Waals surface area contributed by atoms with Gasteiger partial charge in [-0.3, -0.25) is 9.59 Å². The minimum absolute atomic E-state index is 0.0148. The van der Waals surface area contributed by atoms with E-state index in [-0.39, 0.29) is 30.3 Å². The fourth-order valence-corrected chi connectivity index (χ4v) is 1.62. The standard InChI is InChI=1S/C12H22N2O3/c1-12(2,3)10(13)11(17)14(8-4-5-8)7-6-9(15)16/h8,10H,4-7,13H2,1-3H3,(H,15,16)/t10-/m1/s1. The van der Waals surface area contributed by atoms with Crippen LogP contribution in [0.25, 0.3) is 0 Å². The minimum atomic E-state index is -0.882. The van der Waals surface area contributed by atoms with E-state index in [1.807, 2.05) is 20.8 Å². The second kappa shape index (κ2) is 5.04. The number of nitrogens with two attached hydrogens (primary N) is 1. The molecule has 1 saturated carbocycles. The number of nitrogens with zero attached hydrogens (tertiary/aromatic N) is 1. The normalized spacial score (nSPS) is 17.6. The van der Waals surface area contributed by atoms with Crippen LogP contribution in [-0.4, -0.2) is 40.5 Å². The molecule has 0 heterocycles. The van der Waals surface area contributed by atoms with Crippen molar-refractivity contribution in [3.8, 4) is 0 Å². The lowest BCUT2D eigenvalue weighted by atomic mass is 9.86. The maximum Gasteiger partial charge on any atom is 0.305 e. The van der Waals surface area contributed by atoms with Gasteiger partial charge in [-0.1, -0.05) is 20.8 Å². The van der Waals surface area contributed by atoms with Gasteiger partial charge in [0.05, 0.1) is 12.5 Å². The average Bonchev–Trinajstić information content (AvgIpc) is 2.98. The van der Waals surface area contributed by atoms with Gasteiger partial charge in [0, 0.05) is 12.6 Å². The van der Waals surface area contributed by atoms with E-state index in [2.05, 4.69) is 0 Å². The second-order valence-electron chi connectivity index (χ2n) is 5.75. The van der Waals surface area contributed by atoms with Crippen molar-refractivity contribution in [2.75, 3.05) is 6.54 Å². The average molecular weight is 242 g/mol. The first-order chi connectivity index (χ1) is 7.73. The third kappa shape index (κ3) is 4.00. The Morgan fingerprint density at radius 3 is 2.29 bits per heavy atom. The summed E-state index contributed by atoms with van der Waals surface area (Å²) in [5.74, 6) is -1.01. The van der Waals surface area contributed by atoms with Crippen LogP contribution in [0.5, 0.6) is 0 Å². The van der Waals surface area contributed by atoms with Gasteiger partial charge in [-0.15, -0.1) is 0 Å². The molecule has 1 atom stereocenters. The summed E-state index contributed by atoms with van der Waals surface area (Å²) in [6.07, 6.45) is 1.91. The van der Waals surface area contributed by atoms with E-state index in [1.54, 1.807) is 4.90 Å². The van der Waals surface area contributed by atoms with Gasteiger partial charge in [-0.2, -0.15) is 0 Å². The molecule has 0 aromatic heterocycles. The van der Waals surface area contributed by atoms with E-state index in [9.17, 15) is 9.59 Å². The van der Waals surface area contributed by atoms with Crippen LogP contribution in [0.1, 0.15) is 40.0 Å². The quantitative estimate of drug-likeness (QED) is 0.747. The molecule has 5 nitrogen and oxygen atoms in total. The lowest BCUT2D eigenvalue weighted by molar-refractivity contribution is -0.139. The van der Waals surface area contributed by atoms with Gasteiger partial charge < -0.3 is 15.7 Å². The van der Waals surface area contributed by atoms with Crippen molar-refractivity contribution in [1.82, 2.24) is 4.90 Å². The van der Waals surface area contributed by atoms with Crippen molar-refractivity contribution in [3.63, 3.8) is 0 Å². The molecule has 1 fully saturated rings. The summed E-state index contributed by atoms with van der Waals surface area (Å²) in [6.45, 7) is 6.01. The number of aliphatic carboxylic acids is 1. The maximum absolute atomic E-state index is 12.2. The van der Waals surface area contributed by atoms with Crippen molar-refractivity contribution >= 4 is 11.9 Å². The topological polar surface area (TPSA) is 83.6 Å². The lowest BCUT2D eigenvalue weighted by Crippen LogP contribution is -2.51. The third-order valence-electron chi connectivity index (χ3n) is 3.04. The Morgan fingerprint density at radius 2 is 1.94 bits per heavy atom. The number of carbonyl (C=O) groups excluding carboxylic acids is 1. The number of rotatable bonds is 5. The molecular weight excluding hydrogens is 220 g/mol. The smallest absolute Gasteiger partial charge is 0.305 e. The molecule has 0 bridgehead atoms. The Hall–Kier alpha value is -1.10. The molecule has 98 valence electrons. The van der Waals surface area contributed by atoms with Crippen LogP contribution in [0.4, 0.5) is 0 Å². The van der Waals surface area contributed by atoms with Crippen LogP contribution in [0, 0.1) is 5.41 Å². The second-order valence-corrected chi connectivity index (χ2v) is 5.75. The van der Waals surface area contributed by atoms with Crippen LogP contribution >= 0.6 is 0 Å². The molecule has 1 aliphatic carbocycles. The fraction of sp³-hybridized carbons (Fsp3) is 0.833. The monoisotopic (exact) mass is 242 g/mol. The molecule has 0 aromatic carbocycles. The molecular formula is C12H22N2O3. The van der Waals surface area contributed by atoms with Crippen LogP contribution in [0.2, 0.25) is 0 Å². The number of hydrogen-bond donors (Lipinski definition) is 2. The van der Waals surface area contributed by atoms with E-state index in [0.717, 1.165) is 12.8 Å². The van der Waals surface area contributed by atoms with Gasteiger partial charge in [0.25, 0.3) is 0 Å². The number of amides is 1. The predicted octanol–water partition coefficient (Wildman–Crippen LogP) is 0.826. The molecule has 0 saturated heterocycles. The van der Waals surface area contributed by atoms with Crippen molar-refractivity contribution in [3.05, 3.63) is 0 Å². The molecule has 0 unspecified atom stereocenters. The van der Waals surface area contributed by atoms with E-state index in [0.29, 0.717) is 0 Å². The van der Waals surface area contributed by atoms with Crippen LogP contribution < -0.4 is 5.73 Å². The molecule has 0 radical (unpaired) electrons. The molecule has 1 rings (SSSR count). The predicted molar refractivity (Wildman–Crippen MR) is 64.4 cm³/mol. The fourth-order valence-electron chi connectivity index (χ4n) is 1.62. The molecule has 0 aromatic rings. The molecule has 0 aliphatic heterocycles.